The summed E-state index contributed by atoms with van der Waals surface area (Å²) in [5.74, 6) is 1.37. The molecular weight excluding hydrogens is 468 g/mol. The fraction of sp³-hybridized carbons (Fsp3) is 0.333. The number of hydrogen-bond donors (Lipinski definition) is 0. The van der Waals surface area contributed by atoms with Gasteiger partial charge in [-0.3, -0.25) is 4.79 Å². The van der Waals surface area contributed by atoms with Crippen LogP contribution in [0.1, 0.15) is 40.9 Å². The number of carbonyl (C=O) groups excluding carboxylic acids is 2. The van der Waals surface area contributed by atoms with E-state index < -0.39 is 6.04 Å². The molecule has 8 heteroatoms. The van der Waals surface area contributed by atoms with Crippen LogP contribution in [-0.4, -0.2) is 56.4 Å². The van der Waals surface area contributed by atoms with E-state index in [1.54, 1.807) is 17.0 Å². The van der Waals surface area contributed by atoms with Gasteiger partial charge in [0.1, 0.15) is 6.29 Å². The third-order valence-electron chi connectivity index (χ3n) is 6.12. The van der Waals surface area contributed by atoms with Crippen LogP contribution in [0.2, 0.25) is 0 Å². The maximum Gasteiger partial charge on any atom is 0.255 e. The van der Waals surface area contributed by atoms with Gasteiger partial charge < -0.3 is 28.8 Å². The van der Waals surface area contributed by atoms with Crippen LogP contribution in [0.15, 0.2) is 59.8 Å². The molecule has 2 heterocycles. The molecule has 0 saturated carbocycles. The Kier molecular flexibility index (Phi) is 8.82. The lowest BCUT2D eigenvalue weighted by atomic mass is 10.0. The van der Waals surface area contributed by atoms with Crippen molar-refractivity contribution in [2.24, 2.45) is 0 Å². The second-order valence-corrected chi connectivity index (χ2v) is 8.68. The summed E-state index contributed by atoms with van der Waals surface area (Å²) >= 11 is 5.71. The number of amides is 1. The number of likely N-dealkylation sites (N-methyl/N-ethyl adjacent to an activating group) is 1. The van der Waals surface area contributed by atoms with Crippen LogP contribution in [0.4, 0.5) is 0 Å². The Morgan fingerprint density at radius 1 is 1.11 bits per heavy atom. The van der Waals surface area contributed by atoms with Crippen LogP contribution in [0.5, 0.6) is 17.2 Å². The van der Waals surface area contributed by atoms with E-state index in [4.69, 9.17) is 25.8 Å². The van der Waals surface area contributed by atoms with Crippen LogP contribution >= 0.6 is 11.6 Å². The molecule has 2 aliphatic heterocycles. The Labute approximate surface area is 211 Å². The Morgan fingerprint density at radius 3 is 2.29 bits per heavy atom. The first kappa shape index (κ1) is 26.2. The average Bonchev–Trinajstić information content (AvgIpc) is 3.20. The van der Waals surface area contributed by atoms with E-state index in [9.17, 15) is 9.59 Å². The summed E-state index contributed by atoms with van der Waals surface area (Å²) < 4.78 is 16.2. The van der Waals surface area contributed by atoms with E-state index in [1.807, 2.05) is 43.6 Å². The molecule has 0 bridgehead atoms. The zero-order chi connectivity index (χ0) is 25.5. The van der Waals surface area contributed by atoms with E-state index in [0.717, 1.165) is 22.4 Å². The minimum atomic E-state index is -0.416. The van der Waals surface area contributed by atoms with E-state index in [-0.39, 0.29) is 12.3 Å². The smallest absolute Gasteiger partial charge is 0.255 e. The molecule has 0 saturated heterocycles. The summed E-state index contributed by atoms with van der Waals surface area (Å²) in [7, 11) is 6.61. The number of allylic oxidation sites excluding steroid dienone is 2. The van der Waals surface area contributed by atoms with Crippen molar-refractivity contribution in [3.05, 3.63) is 76.5 Å². The Hall–Kier alpha value is -3.45. The summed E-state index contributed by atoms with van der Waals surface area (Å²) in [5.41, 5.74) is 2.39. The minimum absolute atomic E-state index is 0.0822. The van der Waals surface area contributed by atoms with Gasteiger partial charge in [-0.2, -0.15) is 0 Å². The quantitative estimate of drug-likeness (QED) is 0.503. The van der Waals surface area contributed by atoms with Crippen molar-refractivity contribution in [1.29, 1.82) is 0 Å². The first-order valence-corrected chi connectivity index (χ1v) is 11.6. The van der Waals surface area contributed by atoms with Gasteiger partial charge in [-0.1, -0.05) is 35.9 Å². The van der Waals surface area contributed by atoms with Gasteiger partial charge in [0.2, 0.25) is 5.75 Å². The number of hydrogen-bond acceptors (Lipinski definition) is 6. The van der Waals surface area contributed by atoms with E-state index >= 15 is 0 Å². The lowest BCUT2D eigenvalue weighted by Gasteiger charge is -2.28. The summed E-state index contributed by atoms with van der Waals surface area (Å²) in [6.07, 6.45) is 6.92. The maximum absolute atomic E-state index is 12.8. The number of nitrogens with zero attached hydrogens (tertiary/aromatic N) is 2. The van der Waals surface area contributed by atoms with Gasteiger partial charge >= 0.3 is 0 Å². The molecule has 35 heavy (non-hydrogen) atoms. The van der Waals surface area contributed by atoms with Gasteiger partial charge in [-0.25, -0.2) is 0 Å². The number of aldehydes is 1. The lowest BCUT2D eigenvalue weighted by molar-refractivity contribution is -0.108. The highest BCUT2D eigenvalue weighted by Crippen LogP contribution is 2.42. The SMILES string of the molecule is CC1C=CC(Cl)=CN1C.COc1cc(C(CC=O)N2Cc3ccccc3C2=O)cc(OC)c1OC. The predicted molar refractivity (Wildman–Crippen MR) is 136 cm³/mol. The van der Waals surface area contributed by atoms with Gasteiger partial charge in [-0.05, 0) is 42.3 Å². The summed E-state index contributed by atoms with van der Waals surface area (Å²) in [5, 5.41) is 0.801. The van der Waals surface area contributed by atoms with Gasteiger partial charge in [0.15, 0.2) is 11.5 Å². The Bertz CT molecular complexity index is 1110. The third-order valence-corrected chi connectivity index (χ3v) is 6.34. The van der Waals surface area contributed by atoms with Crippen LogP contribution < -0.4 is 14.2 Å². The van der Waals surface area contributed by atoms with Crippen molar-refractivity contribution >= 4 is 23.8 Å². The topological polar surface area (TPSA) is 68.3 Å². The molecule has 0 aliphatic carbocycles. The minimum Gasteiger partial charge on any atom is -0.493 e. The molecule has 0 spiro atoms. The fourth-order valence-corrected chi connectivity index (χ4v) is 4.31. The number of benzene rings is 2. The molecule has 2 aromatic carbocycles. The molecule has 2 aromatic rings. The summed E-state index contributed by atoms with van der Waals surface area (Å²) in [6.45, 7) is 2.58. The average molecular weight is 499 g/mol. The molecule has 4 rings (SSSR count). The molecule has 2 atom stereocenters. The molecule has 186 valence electrons. The molecule has 0 fully saturated rings. The Balaban J connectivity index is 0.000000320. The predicted octanol–water partition coefficient (Wildman–Crippen LogP) is 4.96. The van der Waals surface area contributed by atoms with Crippen LogP contribution in [0.3, 0.4) is 0 Å². The second-order valence-electron chi connectivity index (χ2n) is 8.25. The first-order valence-electron chi connectivity index (χ1n) is 11.2. The highest BCUT2D eigenvalue weighted by atomic mass is 35.5. The van der Waals surface area contributed by atoms with E-state index in [0.29, 0.717) is 35.4 Å². The van der Waals surface area contributed by atoms with Crippen molar-refractivity contribution in [2.45, 2.75) is 32.0 Å². The number of carbonyl (C=O) groups is 2. The standard InChI is InChI=1S/C20H21NO5.C7H10ClN/c1-24-17-10-14(11-18(25-2)19(17)26-3)16(8-9-22)21-12-13-6-4-5-7-15(13)20(21)23;1-6-3-4-7(8)5-9(6)2/h4-7,9-11,16H,8,12H2,1-3H3;3-6H,1-2H3. The third kappa shape index (κ3) is 5.80. The van der Waals surface area contributed by atoms with E-state index in [1.165, 1.54) is 21.3 Å². The van der Waals surface area contributed by atoms with Crippen LogP contribution in [0.25, 0.3) is 0 Å². The molecule has 2 aliphatic rings. The monoisotopic (exact) mass is 498 g/mol. The summed E-state index contributed by atoms with van der Waals surface area (Å²) in [4.78, 5) is 28.0. The second kappa shape index (κ2) is 11.8. The van der Waals surface area contributed by atoms with Gasteiger partial charge in [-0.15, -0.1) is 0 Å². The molecule has 0 N–H and O–H groups in total. The molecular formula is C27H31ClN2O5. The first-order chi connectivity index (χ1) is 16.8. The number of ether oxygens (including phenoxy) is 3. The Morgan fingerprint density at radius 2 is 1.77 bits per heavy atom. The highest BCUT2D eigenvalue weighted by Gasteiger charge is 2.34. The molecule has 1 amide bonds. The number of fused-ring (bicyclic) bond motifs is 1. The molecule has 7 nitrogen and oxygen atoms in total. The molecule has 0 aromatic heterocycles. The van der Waals surface area contributed by atoms with Gasteiger partial charge in [0.25, 0.3) is 5.91 Å². The highest BCUT2D eigenvalue weighted by molar-refractivity contribution is 6.31. The number of rotatable bonds is 7. The number of halogens is 1. The largest absolute Gasteiger partial charge is 0.493 e. The van der Waals surface area contributed by atoms with Crippen molar-refractivity contribution in [3.8, 4) is 17.2 Å². The number of methoxy groups -OCH3 is 3. The van der Waals surface area contributed by atoms with Gasteiger partial charge in [0, 0.05) is 37.8 Å². The van der Waals surface area contributed by atoms with Crippen molar-refractivity contribution in [3.63, 3.8) is 0 Å². The van der Waals surface area contributed by atoms with Gasteiger partial charge in [0.05, 0.1) is 32.4 Å². The van der Waals surface area contributed by atoms with E-state index in [2.05, 4.69) is 17.9 Å². The zero-order valence-corrected chi connectivity index (χ0v) is 21.4. The zero-order valence-electron chi connectivity index (χ0n) is 20.7. The maximum atomic E-state index is 12.8. The van der Waals surface area contributed by atoms with Crippen molar-refractivity contribution < 1.29 is 23.8 Å². The van der Waals surface area contributed by atoms with Crippen molar-refractivity contribution in [2.75, 3.05) is 28.4 Å². The fourth-order valence-electron chi connectivity index (χ4n) is 4.08. The normalized spacial score (nSPS) is 17.1. The van der Waals surface area contributed by atoms with Crippen LogP contribution in [-0.2, 0) is 11.3 Å². The summed E-state index contributed by atoms with van der Waals surface area (Å²) in [6, 6.07) is 11.1. The van der Waals surface area contributed by atoms with Crippen LogP contribution in [0, 0.1) is 0 Å². The molecule has 2 unspecified atom stereocenters. The lowest BCUT2D eigenvalue weighted by Crippen LogP contribution is -2.29. The van der Waals surface area contributed by atoms with Crippen molar-refractivity contribution in [1.82, 2.24) is 9.80 Å². The molecule has 0 radical (unpaired) electrons.